The second-order valence-corrected chi connectivity index (χ2v) is 11.6. The van der Waals surface area contributed by atoms with E-state index >= 15 is 0 Å². The Bertz CT molecular complexity index is 1130. The Morgan fingerprint density at radius 1 is 1.14 bits per heavy atom. The Labute approximate surface area is 220 Å². The third-order valence-corrected chi connectivity index (χ3v) is 7.91. The predicted octanol–water partition coefficient (Wildman–Crippen LogP) is 5.24. The summed E-state index contributed by atoms with van der Waals surface area (Å²) in [6.45, 7) is 8.78. The van der Waals surface area contributed by atoms with Crippen molar-refractivity contribution in [2.24, 2.45) is 0 Å². The summed E-state index contributed by atoms with van der Waals surface area (Å²) < 4.78 is 0. The Hall–Kier alpha value is -3.40. The third kappa shape index (κ3) is 5.64. The number of pyridine rings is 1. The van der Waals surface area contributed by atoms with E-state index < -0.39 is 11.6 Å². The van der Waals surface area contributed by atoms with Gasteiger partial charge < -0.3 is 5.32 Å². The molecule has 7 nitrogen and oxygen atoms in total. The molecule has 2 fully saturated rings. The van der Waals surface area contributed by atoms with E-state index in [0.29, 0.717) is 24.2 Å². The smallest absolute Gasteiger partial charge is 0.254 e. The van der Waals surface area contributed by atoms with Gasteiger partial charge in [-0.3, -0.25) is 24.4 Å². The maximum absolute atomic E-state index is 14.5. The molecular formula is C30H39N5O2. The molecule has 1 aromatic carbocycles. The largest absolute Gasteiger partial charge is 0.351 e. The zero-order valence-corrected chi connectivity index (χ0v) is 22.5. The molecule has 1 saturated heterocycles. The van der Waals surface area contributed by atoms with Crippen LogP contribution in [0, 0.1) is 11.5 Å². The van der Waals surface area contributed by atoms with Gasteiger partial charge in [0.1, 0.15) is 11.6 Å². The molecule has 2 unspecified atom stereocenters. The fraction of sp³-hybridized carbons (Fsp3) is 0.533. The van der Waals surface area contributed by atoms with Crippen molar-refractivity contribution in [1.29, 1.82) is 5.26 Å². The standard InChI is InChI=1S/C30H39N5O2/c1-29(2,3)23-13-15-25(16-14-23)35(28(37)30(4)17-9-19-34(30)21-31)26(22-10-8-18-32-20-22)27(36)33-24-11-6-5-7-12-24/h8,10,13-16,18,20,24,26H,5-7,9,11-12,17,19H2,1-4H3,(H,33,36). The van der Waals surface area contributed by atoms with Gasteiger partial charge in [0.2, 0.25) is 5.91 Å². The molecular weight excluding hydrogens is 462 g/mol. The van der Waals surface area contributed by atoms with Crippen LogP contribution in [0.4, 0.5) is 5.69 Å². The Morgan fingerprint density at radius 2 is 1.84 bits per heavy atom. The van der Waals surface area contributed by atoms with Gasteiger partial charge >= 0.3 is 0 Å². The van der Waals surface area contributed by atoms with Crippen LogP contribution >= 0.6 is 0 Å². The number of nitrogens with zero attached hydrogens (tertiary/aromatic N) is 4. The Balaban J connectivity index is 1.81. The number of hydrogen-bond acceptors (Lipinski definition) is 5. The number of hydrogen-bond donors (Lipinski definition) is 1. The van der Waals surface area contributed by atoms with Crippen molar-refractivity contribution in [1.82, 2.24) is 15.2 Å². The van der Waals surface area contributed by atoms with Crippen LogP contribution in [-0.4, -0.2) is 39.8 Å². The van der Waals surface area contributed by atoms with E-state index in [1.807, 2.05) is 37.3 Å². The van der Waals surface area contributed by atoms with Gasteiger partial charge in [0.05, 0.1) is 0 Å². The molecule has 2 amide bonds. The first kappa shape index (κ1) is 26.7. The highest BCUT2D eigenvalue weighted by Crippen LogP contribution is 2.37. The Kier molecular flexibility index (Phi) is 7.87. The number of amides is 2. The minimum Gasteiger partial charge on any atom is -0.351 e. The molecule has 0 radical (unpaired) electrons. The maximum Gasteiger partial charge on any atom is 0.254 e. The van der Waals surface area contributed by atoms with Gasteiger partial charge in [-0.15, -0.1) is 0 Å². The summed E-state index contributed by atoms with van der Waals surface area (Å²) in [5.74, 6) is -0.457. The van der Waals surface area contributed by atoms with E-state index in [1.165, 1.54) is 6.42 Å². The van der Waals surface area contributed by atoms with Gasteiger partial charge in [-0.25, -0.2) is 0 Å². The first-order valence-corrected chi connectivity index (χ1v) is 13.5. The summed E-state index contributed by atoms with van der Waals surface area (Å²) in [4.78, 5) is 35.9. The van der Waals surface area contributed by atoms with Crippen LogP contribution in [0.5, 0.6) is 0 Å². The number of rotatable bonds is 6. The summed E-state index contributed by atoms with van der Waals surface area (Å²) >= 11 is 0. The molecule has 1 N–H and O–H groups in total. The topological polar surface area (TPSA) is 89.3 Å². The van der Waals surface area contributed by atoms with Gasteiger partial charge in [0.25, 0.3) is 5.91 Å². The minimum absolute atomic E-state index is 0.0521. The number of anilines is 1. The van der Waals surface area contributed by atoms with Crippen molar-refractivity contribution in [3.63, 3.8) is 0 Å². The van der Waals surface area contributed by atoms with Crippen LogP contribution in [0.1, 0.15) is 89.8 Å². The highest BCUT2D eigenvalue weighted by molar-refractivity contribution is 6.06. The number of carbonyl (C=O) groups is 2. The molecule has 0 bridgehead atoms. The van der Waals surface area contributed by atoms with Gasteiger partial charge in [-0.2, -0.15) is 5.26 Å². The quantitative estimate of drug-likeness (QED) is 0.547. The van der Waals surface area contributed by atoms with Crippen LogP contribution in [0.15, 0.2) is 48.8 Å². The van der Waals surface area contributed by atoms with Crippen molar-refractivity contribution < 1.29 is 9.59 Å². The van der Waals surface area contributed by atoms with Crippen LogP contribution < -0.4 is 10.2 Å². The highest BCUT2D eigenvalue weighted by atomic mass is 16.2. The summed E-state index contributed by atoms with van der Waals surface area (Å²) in [6.07, 6.45) is 12.1. The van der Waals surface area contributed by atoms with E-state index in [-0.39, 0.29) is 23.3 Å². The van der Waals surface area contributed by atoms with Crippen LogP contribution in [-0.2, 0) is 15.0 Å². The van der Waals surface area contributed by atoms with E-state index in [0.717, 1.165) is 37.7 Å². The van der Waals surface area contributed by atoms with Crippen LogP contribution in [0.25, 0.3) is 0 Å². The Morgan fingerprint density at radius 3 is 2.43 bits per heavy atom. The zero-order valence-electron chi connectivity index (χ0n) is 22.5. The number of nitrogens with one attached hydrogen (secondary N) is 1. The molecule has 2 atom stereocenters. The monoisotopic (exact) mass is 501 g/mol. The lowest BCUT2D eigenvalue weighted by atomic mass is 9.86. The number of benzene rings is 1. The third-order valence-electron chi connectivity index (χ3n) is 7.91. The summed E-state index contributed by atoms with van der Waals surface area (Å²) in [5.41, 5.74) is 1.34. The average Bonchev–Trinajstić information content (AvgIpc) is 3.29. The average molecular weight is 502 g/mol. The number of likely N-dealkylation sites (tertiary alicyclic amines) is 1. The lowest BCUT2D eigenvalue weighted by Crippen LogP contribution is -2.57. The molecule has 2 heterocycles. The summed E-state index contributed by atoms with van der Waals surface area (Å²) in [6, 6.07) is 10.7. The molecule has 37 heavy (non-hydrogen) atoms. The first-order valence-electron chi connectivity index (χ1n) is 13.5. The number of aromatic nitrogens is 1. The van der Waals surface area contributed by atoms with Gasteiger partial charge in [-0.05, 0) is 61.8 Å². The van der Waals surface area contributed by atoms with Crippen LogP contribution in [0.2, 0.25) is 0 Å². The zero-order chi connectivity index (χ0) is 26.6. The highest BCUT2D eigenvalue weighted by Gasteiger charge is 2.48. The fourth-order valence-corrected chi connectivity index (χ4v) is 5.59. The summed E-state index contributed by atoms with van der Waals surface area (Å²) in [5, 5.41) is 13.1. The molecule has 1 aliphatic carbocycles. The van der Waals surface area contributed by atoms with E-state index in [4.69, 9.17) is 0 Å². The first-order chi connectivity index (χ1) is 17.6. The molecule has 4 rings (SSSR count). The maximum atomic E-state index is 14.5. The second kappa shape index (κ2) is 10.9. The molecule has 2 aliphatic rings. The molecule has 196 valence electrons. The van der Waals surface area contributed by atoms with Crippen molar-refractivity contribution in [3.8, 4) is 6.19 Å². The number of nitriles is 1. The SMILES string of the molecule is CC(C)(C)c1ccc(N(C(=O)C2(C)CCCN2C#N)C(C(=O)NC2CCCCC2)c2cccnc2)cc1. The van der Waals surface area contributed by atoms with Gasteiger partial charge in [0.15, 0.2) is 6.19 Å². The van der Waals surface area contributed by atoms with Crippen molar-refractivity contribution in [2.45, 2.75) is 95.7 Å². The molecule has 1 aliphatic heterocycles. The van der Waals surface area contributed by atoms with Gasteiger partial charge in [0, 0.05) is 36.2 Å². The van der Waals surface area contributed by atoms with E-state index in [1.54, 1.807) is 28.3 Å². The fourth-order valence-electron chi connectivity index (χ4n) is 5.59. The minimum atomic E-state index is -1.02. The molecule has 0 spiro atoms. The lowest BCUT2D eigenvalue weighted by Gasteiger charge is -2.39. The molecule has 7 heteroatoms. The molecule has 1 saturated carbocycles. The van der Waals surface area contributed by atoms with Crippen molar-refractivity contribution in [3.05, 3.63) is 59.9 Å². The summed E-state index contributed by atoms with van der Waals surface area (Å²) in [7, 11) is 0. The second-order valence-electron chi connectivity index (χ2n) is 11.6. The van der Waals surface area contributed by atoms with Gasteiger partial charge in [-0.1, -0.05) is 58.2 Å². The molecule has 1 aromatic heterocycles. The van der Waals surface area contributed by atoms with Crippen LogP contribution in [0.3, 0.4) is 0 Å². The van der Waals surface area contributed by atoms with Crippen molar-refractivity contribution >= 4 is 17.5 Å². The number of carbonyl (C=O) groups excluding carboxylic acids is 2. The molecule has 2 aromatic rings. The predicted molar refractivity (Wildman–Crippen MR) is 145 cm³/mol. The van der Waals surface area contributed by atoms with Crippen molar-refractivity contribution in [2.75, 3.05) is 11.4 Å². The normalized spacial score (nSPS) is 21.2. The van der Waals surface area contributed by atoms with E-state index in [9.17, 15) is 14.9 Å². The lowest BCUT2D eigenvalue weighted by molar-refractivity contribution is -0.131. The van der Waals surface area contributed by atoms with E-state index in [2.05, 4.69) is 37.3 Å².